The highest BCUT2D eigenvalue weighted by atomic mass is 16.5. The molecule has 1 N–H and O–H groups in total. The van der Waals surface area contributed by atoms with Gasteiger partial charge < -0.3 is 23.9 Å². The van der Waals surface area contributed by atoms with Gasteiger partial charge >= 0.3 is 0 Å². The van der Waals surface area contributed by atoms with Crippen molar-refractivity contribution in [2.45, 2.75) is 26.3 Å². The fourth-order valence-corrected chi connectivity index (χ4v) is 5.05. The Morgan fingerprint density at radius 2 is 1.71 bits per heavy atom. The number of carbonyl (C=O) groups excluding carboxylic acids is 2. The van der Waals surface area contributed by atoms with Crippen molar-refractivity contribution >= 4 is 23.1 Å². The van der Waals surface area contributed by atoms with Gasteiger partial charge in [-0.05, 0) is 55.2 Å². The number of aliphatic hydroxyl groups excluding tert-OH is 1. The van der Waals surface area contributed by atoms with E-state index >= 15 is 0 Å². The fraction of sp³-hybridized carbons (Fsp3) is 0.233. The van der Waals surface area contributed by atoms with Crippen molar-refractivity contribution in [3.63, 3.8) is 0 Å². The van der Waals surface area contributed by atoms with Crippen molar-refractivity contribution in [2.24, 2.45) is 0 Å². The molecule has 4 aromatic rings. The number of imidazole rings is 1. The second-order valence-electron chi connectivity index (χ2n) is 9.27. The molecule has 2 aromatic heterocycles. The second kappa shape index (κ2) is 10.0. The van der Waals surface area contributed by atoms with E-state index in [0.717, 1.165) is 11.1 Å². The number of nitrogens with zero attached hydrogens (tertiary/aromatic N) is 3. The van der Waals surface area contributed by atoms with Crippen LogP contribution in [0.3, 0.4) is 0 Å². The number of aromatic nitrogens is 2. The molecule has 8 nitrogen and oxygen atoms in total. The van der Waals surface area contributed by atoms with Crippen molar-refractivity contribution in [1.82, 2.24) is 14.3 Å². The Kier molecular flexibility index (Phi) is 6.63. The molecule has 1 unspecified atom stereocenters. The number of amides is 1. The van der Waals surface area contributed by atoms with E-state index in [2.05, 4.69) is 4.98 Å². The lowest BCUT2D eigenvalue weighted by atomic mass is 9.95. The second-order valence-corrected chi connectivity index (χ2v) is 9.27. The highest BCUT2D eigenvalue weighted by molar-refractivity contribution is 6.46. The van der Waals surface area contributed by atoms with Crippen LogP contribution >= 0.6 is 0 Å². The Hall–Kier alpha value is -4.59. The molecule has 2 aromatic carbocycles. The number of hydrogen-bond donors (Lipinski definition) is 1. The van der Waals surface area contributed by atoms with Gasteiger partial charge in [0.05, 0.1) is 31.5 Å². The molecule has 1 aliphatic rings. The smallest absolute Gasteiger partial charge is 0.295 e. The fourth-order valence-electron chi connectivity index (χ4n) is 5.05. The van der Waals surface area contributed by atoms with E-state index in [9.17, 15) is 14.7 Å². The number of hydrogen-bond acceptors (Lipinski definition) is 6. The van der Waals surface area contributed by atoms with Gasteiger partial charge in [0.1, 0.15) is 11.3 Å². The minimum absolute atomic E-state index is 0.000518. The summed E-state index contributed by atoms with van der Waals surface area (Å²) in [4.78, 5) is 33.1. The van der Waals surface area contributed by atoms with Crippen molar-refractivity contribution in [3.8, 4) is 11.5 Å². The van der Waals surface area contributed by atoms with Crippen LogP contribution in [0, 0.1) is 13.8 Å². The number of likely N-dealkylation sites (tertiary alicyclic amines) is 1. The number of benzene rings is 2. The Balaban J connectivity index is 1.67. The van der Waals surface area contributed by atoms with E-state index in [1.165, 1.54) is 19.1 Å². The largest absolute Gasteiger partial charge is 0.505 e. The highest BCUT2D eigenvalue weighted by Crippen LogP contribution is 2.42. The molecule has 0 bridgehead atoms. The SMILES string of the molecule is COc1ccc(C2C(=C(O)c3nc4c(C)cccn4c3C)C(=O)C(=O)N2CCc2ccccc2)cc1OC. The molecular weight excluding hydrogens is 482 g/mol. The molecule has 0 saturated carbocycles. The molecule has 5 rings (SSSR count). The maximum Gasteiger partial charge on any atom is 0.295 e. The Morgan fingerprint density at radius 3 is 2.39 bits per heavy atom. The van der Waals surface area contributed by atoms with Gasteiger partial charge in [0.2, 0.25) is 0 Å². The topological polar surface area (TPSA) is 93.4 Å². The molecule has 8 heteroatoms. The molecule has 0 spiro atoms. The van der Waals surface area contributed by atoms with E-state index in [1.54, 1.807) is 18.2 Å². The number of pyridine rings is 1. The van der Waals surface area contributed by atoms with Crippen molar-refractivity contribution < 1.29 is 24.2 Å². The van der Waals surface area contributed by atoms with E-state index < -0.39 is 17.7 Å². The zero-order valence-corrected chi connectivity index (χ0v) is 21.8. The molecular formula is C30H29N3O5. The van der Waals surface area contributed by atoms with E-state index in [4.69, 9.17) is 9.47 Å². The van der Waals surface area contributed by atoms with Gasteiger partial charge in [-0.3, -0.25) is 9.59 Å². The third-order valence-electron chi connectivity index (χ3n) is 7.06. The van der Waals surface area contributed by atoms with Gasteiger partial charge in [-0.25, -0.2) is 4.98 Å². The van der Waals surface area contributed by atoms with Crippen LogP contribution in [-0.4, -0.2) is 51.8 Å². The lowest BCUT2D eigenvalue weighted by molar-refractivity contribution is -0.139. The van der Waals surface area contributed by atoms with Crippen LogP contribution in [-0.2, 0) is 16.0 Å². The number of aliphatic hydroxyl groups is 1. The summed E-state index contributed by atoms with van der Waals surface area (Å²) < 4.78 is 12.7. The van der Waals surface area contributed by atoms with E-state index in [-0.39, 0.29) is 23.6 Å². The average molecular weight is 512 g/mol. The van der Waals surface area contributed by atoms with Crippen molar-refractivity contribution in [3.05, 3.63) is 101 Å². The molecule has 0 radical (unpaired) electrons. The maximum absolute atomic E-state index is 13.5. The van der Waals surface area contributed by atoms with Gasteiger partial charge in [-0.2, -0.15) is 0 Å². The van der Waals surface area contributed by atoms with Crippen LogP contribution in [0.4, 0.5) is 0 Å². The third kappa shape index (κ3) is 4.18. The summed E-state index contributed by atoms with van der Waals surface area (Å²) in [6.45, 7) is 4.04. The molecule has 1 atom stereocenters. The quantitative estimate of drug-likeness (QED) is 0.221. The zero-order chi connectivity index (χ0) is 27.0. The number of Topliss-reactive ketones (excluding diaryl/α,β-unsaturated/α-hetero) is 1. The summed E-state index contributed by atoms with van der Waals surface area (Å²) in [5, 5.41) is 11.6. The van der Waals surface area contributed by atoms with Crippen LogP contribution in [0.1, 0.15) is 34.1 Å². The van der Waals surface area contributed by atoms with Gasteiger partial charge in [-0.15, -0.1) is 0 Å². The number of methoxy groups -OCH3 is 2. The lowest BCUT2D eigenvalue weighted by Gasteiger charge is -2.26. The highest BCUT2D eigenvalue weighted by Gasteiger charge is 2.46. The van der Waals surface area contributed by atoms with Crippen molar-refractivity contribution in [2.75, 3.05) is 20.8 Å². The van der Waals surface area contributed by atoms with Gasteiger partial charge in [0, 0.05) is 12.7 Å². The zero-order valence-electron chi connectivity index (χ0n) is 21.8. The van der Waals surface area contributed by atoms with Crippen LogP contribution in [0.2, 0.25) is 0 Å². The average Bonchev–Trinajstić information content (AvgIpc) is 3.41. The summed E-state index contributed by atoms with van der Waals surface area (Å²) in [5.41, 5.74) is 4.19. The minimum Gasteiger partial charge on any atom is -0.505 e. The third-order valence-corrected chi connectivity index (χ3v) is 7.06. The lowest BCUT2D eigenvalue weighted by Crippen LogP contribution is -2.31. The summed E-state index contributed by atoms with van der Waals surface area (Å²) in [5.74, 6) is -0.739. The molecule has 38 heavy (non-hydrogen) atoms. The first-order valence-corrected chi connectivity index (χ1v) is 12.3. The van der Waals surface area contributed by atoms with Gasteiger partial charge in [0.15, 0.2) is 17.3 Å². The molecule has 1 amide bonds. The van der Waals surface area contributed by atoms with Crippen molar-refractivity contribution in [1.29, 1.82) is 0 Å². The van der Waals surface area contributed by atoms with Crippen LogP contribution in [0.15, 0.2) is 72.4 Å². The van der Waals surface area contributed by atoms with Crippen LogP contribution in [0.25, 0.3) is 11.4 Å². The molecule has 3 heterocycles. The monoisotopic (exact) mass is 511 g/mol. The maximum atomic E-state index is 13.5. The number of carbonyl (C=O) groups is 2. The summed E-state index contributed by atoms with van der Waals surface area (Å²) in [7, 11) is 3.06. The Labute approximate surface area is 220 Å². The molecule has 194 valence electrons. The molecule has 0 aliphatic carbocycles. The first-order valence-electron chi connectivity index (χ1n) is 12.3. The Morgan fingerprint density at radius 1 is 0.974 bits per heavy atom. The van der Waals surface area contributed by atoms with Gasteiger partial charge in [-0.1, -0.05) is 42.5 Å². The molecule has 1 fully saturated rings. The number of aryl methyl sites for hydroxylation is 2. The predicted octanol–water partition coefficient (Wildman–Crippen LogP) is 4.63. The van der Waals surface area contributed by atoms with E-state index in [1.807, 2.05) is 66.9 Å². The number of ketones is 1. The number of ether oxygens (including phenoxy) is 2. The first-order chi connectivity index (χ1) is 18.3. The summed E-state index contributed by atoms with van der Waals surface area (Å²) >= 11 is 0. The standard InChI is InChI=1S/C30H29N3O5/c1-18-9-8-15-32-19(2)25(31-29(18)32)27(34)24-26(21-12-13-22(37-3)23(17-21)38-4)33(30(36)28(24)35)16-14-20-10-6-5-7-11-20/h5-13,15,17,26,34H,14,16H2,1-4H3. The predicted molar refractivity (Wildman–Crippen MR) is 143 cm³/mol. The number of fused-ring (bicyclic) bond motifs is 1. The summed E-state index contributed by atoms with van der Waals surface area (Å²) in [6, 6.07) is 18.0. The minimum atomic E-state index is -0.830. The van der Waals surface area contributed by atoms with E-state index in [0.29, 0.717) is 34.8 Å². The van der Waals surface area contributed by atoms with Crippen LogP contribution < -0.4 is 9.47 Å². The summed E-state index contributed by atoms with van der Waals surface area (Å²) in [6.07, 6.45) is 2.40. The molecule has 1 aliphatic heterocycles. The normalized spacial score (nSPS) is 16.8. The Bertz CT molecular complexity index is 1570. The number of rotatable bonds is 7. The molecule has 1 saturated heterocycles. The van der Waals surface area contributed by atoms with Crippen LogP contribution in [0.5, 0.6) is 11.5 Å². The van der Waals surface area contributed by atoms with Gasteiger partial charge in [0.25, 0.3) is 11.7 Å². The first kappa shape index (κ1) is 25.1.